The fourth-order valence-electron chi connectivity index (χ4n) is 2.54. The summed E-state index contributed by atoms with van der Waals surface area (Å²) in [5.41, 5.74) is 8.13. The summed E-state index contributed by atoms with van der Waals surface area (Å²) in [7, 11) is 0. The third-order valence-corrected chi connectivity index (χ3v) is 3.71. The third-order valence-electron chi connectivity index (χ3n) is 3.71. The quantitative estimate of drug-likeness (QED) is 0.860. The lowest BCUT2D eigenvalue weighted by atomic mass is 10.1. The predicted octanol–water partition coefficient (Wildman–Crippen LogP) is 0.907. The molecular formula is C14H22N4O. The lowest BCUT2D eigenvalue weighted by molar-refractivity contribution is -0.128. The molecule has 1 amide bonds. The zero-order chi connectivity index (χ0) is 13.8. The molecule has 0 radical (unpaired) electrons. The average Bonchev–Trinajstić information content (AvgIpc) is 2.64. The molecule has 1 aromatic rings. The number of amides is 1. The molecule has 1 saturated heterocycles. The molecule has 1 aromatic heterocycles. The summed E-state index contributed by atoms with van der Waals surface area (Å²) in [6.07, 6.45) is 2.80. The third kappa shape index (κ3) is 3.04. The van der Waals surface area contributed by atoms with Crippen molar-refractivity contribution in [1.29, 1.82) is 0 Å². The largest absolute Gasteiger partial charge is 0.355 e. The molecule has 1 aliphatic rings. The molecule has 5 heteroatoms. The Bertz CT molecular complexity index is 461. The number of aryl methyl sites for hydroxylation is 1. The maximum absolute atomic E-state index is 11.4. The Hall–Kier alpha value is -1.62. The van der Waals surface area contributed by atoms with E-state index in [1.54, 1.807) is 6.92 Å². The minimum Gasteiger partial charge on any atom is -0.355 e. The molecule has 19 heavy (non-hydrogen) atoms. The van der Waals surface area contributed by atoms with Crippen molar-refractivity contribution in [3.8, 4) is 0 Å². The molecule has 0 aromatic carbocycles. The van der Waals surface area contributed by atoms with Gasteiger partial charge in [-0.3, -0.25) is 4.79 Å². The van der Waals surface area contributed by atoms with Crippen molar-refractivity contribution < 1.29 is 4.79 Å². The second kappa shape index (κ2) is 6.02. The molecule has 0 atom stereocenters. The standard InChI is InChI=1S/C14H22N4O/c1-11-4-5-16-14(13(11)10-15)18-7-3-6-17(8-9-18)12(2)19/h4-5H,3,6-10,15H2,1-2H3. The molecule has 2 rings (SSSR count). The van der Waals surface area contributed by atoms with Gasteiger partial charge in [-0.2, -0.15) is 0 Å². The van der Waals surface area contributed by atoms with Crippen molar-refractivity contribution in [2.45, 2.75) is 26.8 Å². The summed E-state index contributed by atoms with van der Waals surface area (Å²) in [5.74, 6) is 1.13. The number of rotatable bonds is 2. The summed E-state index contributed by atoms with van der Waals surface area (Å²) in [6.45, 7) is 7.53. The summed E-state index contributed by atoms with van der Waals surface area (Å²) < 4.78 is 0. The number of aromatic nitrogens is 1. The first-order valence-electron chi connectivity index (χ1n) is 6.78. The van der Waals surface area contributed by atoms with E-state index < -0.39 is 0 Å². The number of nitrogens with zero attached hydrogens (tertiary/aromatic N) is 3. The van der Waals surface area contributed by atoms with Gasteiger partial charge in [0.25, 0.3) is 0 Å². The SMILES string of the molecule is CC(=O)N1CCCN(c2nccc(C)c2CN)CC1. The van der Waals surface area contributed by atoms with Crippen molar-refractivity contribution in [1.82, 2.24) is 9.88 Å². The van der Waals surface area contributed by atoms with Crippen LogP contribution < -0.4 is 10.6 Å². The van der Waals surface area contributed by atoms with E-state index in [0.717, 1.165) is 44.0 Å². The number of anilines is 1. The van der Waals surface area contributed by atoms with Gasteiger partial charge < -0.3 is 15.5 Å². The molecule has 0 saturated carbocycles. The van der Waals surface area contributed by atoms with E-state index in [9.17, 15) is 4.79 Å². The van der Waals surface area contributed by atoms with Crippen LogP contribution in [0, 0.1) is 6.92 Å². The maximum Gasteiger partial charge on any atom is 0.219 e. The van der Waals surface area contributed by atoms with Crippen LogP contribution in [0.4, 0.5) is 5.82 Å². The van der Waals surface area contributed by atoms with Crippen LogP contribution >= 0.6 is 0 Å². The predicted molar refractivity (Wildman–Crippen MR) is 75.9 cm³/mol. The van der Waals surface area contributed by atoms with Crippen molar-refractivity contribution in [3.63, 3.8) is 0 Å². The molecule has 0 aliphatic carbocycles. The Kier molecular flexibility index (Phi) is 4.37. The maximum atomic E-state index is 11.4. The van der Waals surface area contributed by atoms with Crippen LogP contribution in [-0.2, 0) is 11.3 Å². The van der Waals surface area contributed by atoms with Crippen LogP contribution in [0.2, 0.25) is 0 Å². The zero-order valence-electron chi connectivity index (χ0n) is 11.7. The van der Waals surface area contributed by atoms with Crippen molar-refractivity contribution in [3.05, 3.63) is 23.4 Å². The van der Waals surface area contributed by atoms with Gasteiger partial charge >= 0.3 is 0 Å². The van der Waals surface area contributed by atoms with Gasteiger partial charge in [0, 0.05) is 51.4 Å². The molecule has 0 unspecified atom stereocenters. The smallest absolute Gasteiger partial charge is 0.219 e. The Morgan fingerprint density at radius 3 is 2.84 bits per heavy atom. The second-order valence-electron chi connectivity index (χ2n) is 4.98. The van der Waals surface area contributed by atoms with E-state index in [1.165, 1.54) is 5.56 Å². The number of carbonyl (C=O) groups excluding carboxylic acids is 1. The van der Waals surface area contributed by atoms with Crippen LogP contribution in [0.15, 0.2) is 12.3 Å². The van der Waals surface area contributed by atoms with Crippen LogP contribution in [-0.4, -0.2) is 42.0 Å². The fraction of sp³-hybridized carbons (Fsp3) is 0.571. The first kappa shape index (κ1) is 13.8. The topological polar surface area (TPSA) is 62.5 Å². The monoisotopic (exact) mass is 262 g/mol. The van der Waals surface area contributed by atoms with Gasteiger partial charge in [-0.05, 0) is 25.0 Å². The van der Waals surface area contributed by atoms with Crippen molar-refractivity contribution in [2.24, 2.45) is 5.73 Å². The van der Waals surface area contributed by atoms with Gasteiger partial charge in [-0.15, -0.1) is 0 Å². The molecule has 5 nitrogen and oxygen atoms in total. The first-order valence-corrected chi connectivity index (χ1v) is 6.78. The van der Waals surface area contributed by atoms with E-state index in [1.807, 2.05) is 17.2 Å². The Morgan fingerprint density at radius 1 is 1.37 bits per heavy atom. The highest BCUT2D eigenvalue weighted by atomic mass is 16.2. The summed E-state index contributed by atoms with van der Waals surface area (Å²) in [5, 5.41) is 0. The van der Waals surface area contributed by atoms with Crippen LogP contribution in [0.3, 0.4) is 0 Å². The minimum atomic E-state index is 0.151. The highest BCUT2D eigenvalue weighted by molar-refractivity contribution is 5.73. The Labute approximate surface area is 114 Å². The van der Waals surface area contributed by atoms with Gasteiger partial charge in [0.05, 0.1) is 0 Å². The molecular weight excluding hydrogens is 240 g/mol. The van der Waals surface area contributed by atoms with Crippen molar-refractivity contribution in [2.75, 3.05) is 31.1 Å². The number of hydrogen-bond acceptors (Lipinski definition) is 4. The zero-order valence-corrected chi connectivity index (χ0v) is 11.7. The van der Waals surface area contributed by atoms with Gasteiger partial charge in [0.15, 0.2) is 0 Å². The second-order valence-corrected chi connectivity index (χ2v) is 4.98. The molecule has 0 spiro atoms. The number of hydrogen-bond donors (Lipinski definition) is 1. The van der Waals surface area contributed by atoms with E-state index in [4.69, 9.17) is 5.73 Å². The van der Waals surface area contributed by atoms with Crippen LogP contribution in [0.1, 0.15) is 24.5 Å². The number of pyridine rings is 1. The van der Waals surface area contributed by atoms with E-state index in [0.29, 0.717) is 6.54 Å². The summed E-state index contributed by atoms with van der Waals surface area (Å²) in [6, 6.07) is 1.99. The van der Waals surface area contributed by atoms with E-state index in [-0.39, 0.29) is 5.91 Å². The summed E-state index contributed by atoms with van der Waals surface area (Å²) >= 11 is 0. The molecule has 0 bridgehead atoms. The minimum absolute atomic E-state index is 0.151. The molecule has 1 fully saturated rings. The average molecular weight is 262 g/mol. The fourth-order valence-corrected chi connectivity index (χ4v) is 2.54. The van der Waals surface area contributed by atoms with Gasteiger partial charge in [-0.1, -0.05) is 0 Å². The lowest BCUT2D eigenvalue weighted by Gasteiger charge is -2.25. The highest BCUT2D eigenvalue weighted by Crippen LogP contribution is 2.21. The number of nitrogens with two attached hydrogens (primary N) is 1. The van der Waals surface area contributed by atoms with Gasteiger partial charge in [0.1, 0.15) is 5.82 Å². The van der Waals surface area contributed by atoms with Crippen molar-refractivity contribution >= 4 is 11.7 Å². The Morgan fingerprint density at radius 2 is 2.16 bits per heavy atom. The molecule has 104 valence electrons. The lowest BCUT2D eigenvalue weighted by Crippen LogP contribution is -2.34. The Balaban J connectivity index is 2.18. The van der Waals surface area contributed by atoms with Gasteiger partial charge in [0.2, 0.25) is 5.91 Å². The van der Waals surface area contributed by atoms with E-state index in [2.05, 4.69) is 16.8 Å². The normalized spacial score (nSPS) is 16.4. The van der Waals surface area contributed by atoms with E-state index >= 15 is 0 Å². The summed E-state index contributed by atoms with van der Waals surface area (Å²) in [4.78, 5) is 20.1. The molecule has 2 N–H and O–H groups in total. The molecule has 1 aliphatic heterocycles. The highest BCUT2D eigenvalue weighted by Gasteiger charge is 2.19. The van der Waals surface area contributed by atoms with Gasteiger partial charge in [-0.25, -0.2) is 4.98 Å². The molecule has 2 heterocycles. The van der Waals surface area contributed by atoms with Crippen LogP contribution in [0.5, 0.6) is 0 Å². The number of carbonyl (C=O) groups is 1. The van der Waals surface area contributed by atoms with Crippen LogP contribution in [0.25, 0.3) is 0 Å². The first-order chi connectivity index (χ1) is 9.13.